The molecule has 206 valence electrons. The maximum absolute atomic E-state index is 2.34. The minimum atomic E-state index is 1.12. The minimum Gasteiger partial charge on any atom is -0.302 e. The molecule has 7 rings (SSSR count). The molecule has 0 atom stereocenters. The van der Waals surface area contributed by atoms with E-state index in [-0.39, 0.29) is 0 Å². The summed E-state index contributed by atoms with van der Waals surface area (Å²) in [6.45, 7) is 0. The van der Waals surface area contributed by atoms with Gasteiger partial charge in [-0.15, -0.1) is 0 Å². The molecule has 43 heavy (non-hydrogen) atoms. The van der Waals surface area contributed by atoms with Gasteiger partial charge in [0.05, 0.1) is 0 Å². The monoisotopic (exact) mass is 570 g/mol. The maximum Gasteiger partial charge on any atom is 0.102 e. The first-order valence-electron chi connectivity index (χ1n) is 14.4. The van der Waals surface area contributed by atoms with Crippen molar-refractivity contribution in [1.29, 1.82) is 0 Å². The second-order valence-electron chi connectivity index (χ2n) is 10.3. The van der Waals surface area contributed by atoms with Crippen LogP contribution >= 0.6 is 11.3 Å². The van der Waals surface area contributed by atoms with Crippen LogP contribution in [0.15, 0.2) is 182 Å². The molecule has 0 aliphatic carbocycles. The Morgan fingerprint density at radius 1 is 0.256 bits per heavy atom. The third-order valence-corrected chi connectivity index (χ3v) is 8.57. The van der Waals surface area contributed by atoms with Crippen LogP contribution in [0, 0.1) is 0 Å². The van der Waals surface area contributed by atoms with Crippen molar-refractivity contribution in [3.8, 4) is 22.3 Å². The van der Waals surface area contributed by atoms with Crippen LogP contribution in [0.4, 0.5) is 32.8 Å². The predicted molar refractivity (Wildman–Crippen MR) is 185 cm³/mol. The molecule has 7 aromatic rings. The third kappa shape index (κ3) is 5.72. The lowest BCUT2D eigenvalue weighted by Gasteiger charge is -2.25. The number of nitrogens with zero attached hydrogens (tertiary/aromatic N) is 2. The molecule has 1 heterocycles. The Hall–Kier alpha value is -5.38. The molecule has 6 aromatic carbocycles. The summed E-state index contributed by atoms with van der Waals surface area (Å²) in [6, 6.07) is 64.4. The van der Waals surface area contributed by atoms with Gasteiger partial charge in [-0.25, -0.2) is 0 Å². The van der Waals surface area contributed by atoms with Crippen LogP contribution in [0.5, 0.6) is 0 Å². The van der Waals surface area contributed by atoms with E-state index in [4.69, 9.17) is 0 Å². The second kappa shape index (κ2) is 12.2. The molecule has 0 fully saturated rings. The minimum absolute atomic E-state index is 1.12. The van der Waals surface area contributed by atoms with E-state index in [1.807, 2.05) is 0 Å². The Kier molecular flexibility index (Phi) is 7.55. The molecule has 0 unspecified atom stereocenters. The van der Waals surface area contributed by atoms with Gasteiger partial charge in [0, 0.05) is 22.7 Å². The van der Waals surface area contributed by atoms with E-state index in [2.05, 4.69) is 192 Å². The van der Waals surface area contributed by atoms with Crippen molar-refractivity contribution < 1.29 is 0 Å². The first kappa shape index (κ1) is 26.5. The van der Waals surface area contributed by atoms with Gasteiger partial charge in [-0.1, -0.05) is 133 Å². The summed E-state index contributed by atoms with van der Waals surface area (Å²) in [7, 11) is 0. The molecule has 0 aliphatic heterocycles. The van der Waals surface area contributed by atoms with Crippen LogP contribution < -0.4 is 9.80 Å². The number of hydrogen-bond acceptors (Lipinski definition) is 3. The van der Waals surface area contributed by atoms with Gasteiger partial charge in [0.15, 0.2) is 0 Å². The van der Waals surface area contributed by atoms with E-state index in [0.29, 0.717) is 0 Å². The van der Waals surface area contributed by atoms with Crippen molar-refractivity contribution in [1.82, 2.24) is 0 Å². The predicted octanol–water partition coefficient (Wildman–Crippen LogP) is 12.0. The van der Waals surface area contributed by atoms with Gasteiger partial charge in [-0.2, -0.15) is 0 Å². The highest BCUT2D eigenvalue weighted by Crippen LogP contribution is 2.46. The second-order valence-corrected chi connectivity index (χ2v) is 11.3. The Morgan fingerprint density at radius 3 is 0.884 bits per heavy atom. The lowest BCUT2D eigenvalue weighted by atomic mass is 10.1. The van der Waals surface area contributed by atoms with Gasteiger partial charge < -0.3 is 9.80 Å². The number of rotatable bonds is 8. The summed E-state index contributed by atoms with van der Waals surface area (Å²) in [5.41, 5.74) is 9.35. The highest BCUT2D eigenvalue weighted by molar-refractivity contribution is 7.20. The smallest absolute Gasteiger partial charge is 0.102 e. The van der Waals surface area contributed by atoms with E-state index >= 15 is 0 Å². The molecule has 0 amide bonds. The summed E-state index contributed by atoms with van der Waals surface area (Å²) < 4.78 is 0. The molecule has 0 N–H and O–H groups in total. The quantitative estimate of drug-likeness (QED) is 0.179. The number of anilines is 6. The number of hydrogen-bond donors (Lipinski definition) is 0. The zero-order chi connectivity index (χ0) is 28.8. The lowest BCUT2D eigenvalue weighted by Crippen LogP contribution is -2.09. The number of para-hydroxylation sites is 2. The van der Waals surface area contributed by atoms with Gasteiger partial charge >= 0.3 is 0 Å². The van der Waals surface area contributed by atoms with E-state index in [1.54, 1.807) is 11.3 Å². The fourth-order valence-corrected chi connectivity index (χ4v) is 6.48. The topological polar surface area (TPSA) is 6.48 Å². The fraction of sp³-hybridized carbons (Fsp3) is 0. The standard InChI is InChI=1S/C40H30N2S/c1-5-13-31(14-6-1)33-21-25-37(26-22-33)41(35-17-9-3-10-18-35)39-29-30-40(43-39)42(36-19-11-4-12-20-36)38-27-23-34(24-28-38)32-15-7-2-8-16-32/h1-30H. The van der Waals surface area contributed by atoms with Crippen molar-refractivity contribution in [2.45, 2.75) is 0 Å². The number of benzene rings is 6. The zero-order valence-electron chi connectivity index (χ0n) is 23.6. The van der Waals surface area contributed by atoms with Crippen LogP contribution in [0.2, 0.25) is 0 Å². The molecular weight excluding hydrogens is 541 g/mol. The highest BCUT2D eigenvalue weighted by atomic mass is 32.1. The summed E-state index contributed by atoms with van der Waals surface area (Å²) in [5, 5.41) is 2.30. The molecule has 1 aromatic heterocycles. The molecule has 2 nitrogen and oxygen atoms in total. The van der Waals surface area contributed by atoms with Crippen molar-refractivity contribution in [3.05, 3.63) is 182 Å². The molecular formula is C40H30N2S. The Labute approximate surface area is 257 Å². The summed E-state index contributed by atoms with van der Waals surface area (Å²) >= 11 is 1.78. The van der Waals surface area contributed by atoms with E-state index in [1.165, 1.54) is 22.3 Å². The van der Waals surface area contributed by atoms with Gasteiger partial charge in [0.25, 0.3) is 0 Å². The van der Waals surface area contributed by atoms with Gasteiger partial charge in [0.1, 0.15) is 10.0 Å². The molecule has 0 bridgehead atoms. The zero-order valence-corrected chi connectivity index (χ0v) is 24.4. The van der Waals surface area contributed by atoms with Crippen LogP contribution in [0.25, 0.3) is 22.3 Å². The van der Waals surface area contributed by atoms with Crippen LogP contribution in [0.3, 0.4) is 0 Å². The van der Waals surface area contributed by atoms with Gasteiger partial charge in [-0.05, 0) is 82.9 Å². The average Bonchev–Trinajstić information content (AvgIpc) is 3.56. The summed E-state index contributed by atoms with van der Waals surface area (Å²) in [4.78, 5) is 4.68. The van der Waals surface area contributed by atoms with Gasteiger partial charge in [-0.3, -0.25) is 0 Å². The molecule has 0 spiro atoms. The van der Waals surface area contributed by atoms with Crippen LogP contribution in [-0.4, -0.2) is 0 Å². The van der Waals surface area contributed by atoms with Crippen molar-refractivity contribution in [3.63, 3.8) is 0 Å². The largest absolute Gasteiger partial charge is 0.302 e. The van der Waals surface area contributed by atoms with Gasteiger partial charge in [0.2, 0.25) is 0 Å². The van der Waals surface area contributed by atoms with Crippen LogP contribution in [-0.2, 0) is 0 Å². The molecule has 3 heteroatoms. The van der Waals surface area contributed by atoms with Crippen LogP contribution in [0.1, 0.15) is 0 Å². The fourth-order valence-electron chi connectivity index (χ4n) is 5.39. The number of thiophene rings is 1. The Bertz CT molecular complexity index is 1740. The highest BCUT2D eigenvalue weighted by Gasteiger charge is 2.19. The van der Waals surface area contributed by atoms with E-state index < -0.39 is 0 Å². The first-order chi connectivity index (χ1) is 21.3. The molecule has 0 saturated heterocycles. The first-order valence-corrected chi connectivity index (χ1v) is 15.3. The normalized spacial score (nSPS) is 10.8. The lowest BCUT2D eigenvalue weighted by molar-refractivity contribution is 1.31. The van der Waals surface area contributed by atoms with Crippen molar-refractivity contribution >= 4 is 44.1 Å². The maximum atomic E-state index is 2.34. The van der Waals surface area contributed by atoms with Crippen molar-refractivity contribution in [2.24, 2.45) is 0 Å². The molecule has 0 radical (unpaired) electrons. The van der Waals surface area contributed by atoms with E-state index in [9.17, 15) is 0 Å². The SMILES string of the molecule is c1ccc(-c2ccc(N(c3ccccc3)c3ccc(N(c4ccccc4)c4ccc(-c5ccccc5)cc4)s3)cc2)cc1. The Balaban J connectivity index is 1.27. The molecule has 0 saturated carbocycles. The summed E-state index contributed by atoms with van der Waals surface area (Å²) in [6.07, 6.45) is 0. The summed E-state index contributed by atoms with van der Waals surface area (Å²) in [5.74, 6) is 0. The molecule has 0 aliphatic rings. The Morgan fingerprint density at radius 2 is 0.535 bits per heavy atom. The third-order valence-electron chi connectivity index (χ3n) is 7.51. The van der Waals surface area contributed by atoms with Crippen molar-refractivity contribution in [2.75, 3.05) is 9.80 Å². The van der Waals surface area contributed by atoms with E-state index in [0.717, 1.165) is 32.8 Å². The average molecular weight is 571 g/mol.